The molecule has 1 amide bonds. The summed E-state index contributed by atoms with van der Waals surface area (Å²) >= 11 is 0. The van der Waals surface area contributed by atoms with Crippen molar-refractivity contribution in [3.05, 3.63) is 29.8 Å². The topological polar surface area (TPSA) is 41.1 Å². The van der Waals surface area contributed by atoms with Gasteiger partial charge < -0.3 is 10.6 Å². The van der Waals surface area contributed by atoms with Crippen LogP contribution >= 0.6 is 0 Å². The Morgan fingerprint density at radius 1 is 1.05 bits per heavy atom. The molecule has 3 heteroatoms. The van der Waals surface area contributed by atoms with Gasteiger partial charge in [-0.05, 0) is 62.8 Å². The monoisotopic (exact) mass is 286 g/mol. The minimum Gasteiger partial charge on any atom is -0.382 e. The van der Waals surface area contributed by atoms with Gasteiger partial charge in [0.15, 0.2) is 0 Å². The van der Waals surface area contributed by atoms with Crippen LogP contribution in [0.15, 0.2) is 24.3 Å². The van der Waals surface area contributed by atoms with E-state index in [4.69, 9.17) is 0 Å². The first-order chi connectivity index (χ1) is 10.2. The summed E-state index contributed by atoms with van der Waals surface area (Å²) in [4.78, 5) is 11.9. The second kappa shape index (κ2) is 6.50. The number of carbonyl (C=O) groups excluding carboxylic acids is 1. The van der Waals surface area contributed by atoms with Crippen LogP contribution < -0.4 is 10.6 Å². The summed E-state index contributed by atoms with van der Waals surface area (Å²) in [6, 6.07) is 8.84. The maximum absolute atomic E-state index is 11.9. The minimum atomic E-state index is 0.0596. The summed E-state index contributed by atoms with van der Waals surface area (Å²) in [6.45, 7) is 2.28. The Hall–Kier alpha value is -1.51. The molecule has 114 valence electrons. The van der Waals surface area contributed by atoms with Gasteiger partial charge in [0.05, 0.1) is 0 Å². The maximum atomic E-state index is 11.9. The molecule has 1 atom stereocenters. The molecule has 2 saturated carbocycles. The number of nitrogens with one attached hydrogen (secondary N) is 2. The molecule has 0 aliphatic heterocycles. The highest BCUT2D eigenvalue weighted by Crippen LogP contribution is 2.28. The first-order valence-electron chi connectivity index (χ1n) is 8.40. The summed E-state index contributed by atoms with van der Waals surface area (Å²) in [5.74, 6) is 0.848. The largest absolute Gasteiger partial charge is 0.382 e. The SMILES string of the molecule is CC(Nc1ccc(C(=O)NC2CC2)cc1)C1CCCCC1. The Kier molecular flexibility index (Phi) is 4.47. The molecular formula is C18H26N2O. The van der Waals surface area contributed by atoms with Gasteiger partial charge in [-0.3, -0.25) is 4.79 Å². The maximum Gasteiger partial charge on any atom is 0.251 e. The van der Waals surface area contributed by atoms with Crippen LogP contribution in [0.1, 0.15) is 62.2 Å². The average molecular weight is 286 g/mol. The van der Waals surface area contributed by atoms with E-state index in [0.717, 1.165) is 30.0 Å². The Morgan fingerprint density at radius 3 is 2.33 bits per heavy atom. The average Bonchev–Trinajstić information content (AvgIpc) is 3.33. The molecule has 0 heterocycles. The Balaban J connectivity index is 1.54. The number of anilines is 1. The lowest BCUT2D eigenvalue weighted by Crippen LogP contribution is -2.28. The molecule has 2 aliphatic carbocycles. The van der Waals surface area contributed by atoms with E-state index in [1.54, 1.807) is 0 Å². The lowest BCUT2D eigenvalue weighted by molar-refractivity contribution is 0.0951. The normalized spacial score (nSPS) is 20.8. The van der Waals surface area contributed by atoms with E-state index in [9.17, 15) is 4.79 Å². The van der Waals surface area contributed by atoms with E-state index < -0.39 is 0 Å². The molecule has 2 aliphatic rings. The Labute approximate surface area is 127 Å². The summed E-state index contributed by atoms with van der Waals surface area (Å²) in [5, 5.41) is 6.62. The van der Waals surface area contributed by atoms with E-state index >= 15 is 0 Å². The predicted molar refractivity (Wildman–Crippen MR) is 86.6 cm³/mol. The van der Waals surface area contributed by atoms with Crippen LogP contribution in [-0.4, -0.2) is 18.0 Å². The fourth-order valence-corrected chi connectivity index (χ4v) is 3.23. The van der Waals surface area contributed by atoms with Gasteiger partial charge in [0, 0.05) is 23.3 Å². The van der Waals surface area contributed by atoms with Crippen molar-refractivity contribution in [2.45, 2.75) is 64.0 Å². The minimum absolute atomic E-state index is 0.0596. The molecule has 0 radical (unpaired) electrons. The Bertz CT molecular complexity index is 472. The molecule has 3 nitrogen and oxygen atoms in total. The lowest BCUT2D eigenvalue weighted by atomic mass is 9.84. The number of benzene rings is 1. The smallest absolute Gasteiger partial charge is 0.251 e. The molecule has 0 bridgehead atoms. The van der Waals surface area contributed by atoms with Crippen LogP contribution in [0.25, 0.3) is 0 Å². The fourth-order valence-electron chi connectivity index (χ4n) is 3.23. The lowest BCUT2D eigenvalue weighted by Gasteiger charge is -2.29. The summed E-state index contributed by atoms with van der Waals surface area (Å²) < 4.78 is 0. The summed E-state index contributed by atoms with van der Waals surface area (Å²) in [7, 11) is 0. The summed E-state index contributed by atoms with van der Waals surface area (Å²) in [5.41, 5.74) is 1.88. The van der Waals surface area contributed by atoms with Gasteiger partial charge in [-0.2, -0.15) is 0 Å². The van der Waals surface area contributed by atoms with Gasteiger partial charge in [0.2, 0.25) is 0 Å². The molecule has 1 unspecified atom stereocenters. The highest BCUT2D eigenvalue weighted by molar-refractivity contribution is 5.94. The van der Waals surface area contributed by atoms with Crippen LogP contribution in [0.4, 0.5) is 5.69 Å². The van der Waals surface area contributed by atoms with Crippen molar-refractivity contribution in [1.29, 1.82) is 0 Å². The van der Waals surface area contributed by atoms with Gasteiger partial charge in [0.1, 0.15) is 0 Å². The molecule has 0 aromatic heterocycles. The van der Waals surface area contributed by atoms with E-state index in [2.05, 4.69) is 17.6 Å². The number of hydrogen-bond acceptors (Lipinski definition) is 2. The van der Waals surface area contributed by atoms with Gasteiger partial charge >= 0.3 is 0 Å². The molecule has 0 spiro atoms. The van der Waals surface area contributed by atoms with Gasteiger partial charge in [-0.25, -0.2) is 0 Å². The van der Waals surface area contributed by atoms with Crippen molar-refractivity contribution in [3.8, 4) is 0 Å². The van der Waals surface area contributed by atoms with Crippen molar-refractivity contribution in [2.24, 2.45) is 5.92 Å². The molecule has 3 rings (SSSR count). The third-order valence-corrected chi connectivity index (χ3v) is 4.81. The van der Waals surface area contributed by atoms with Gasteiger partial charge in [0.25, 0.3) is 5.91 Å². The first kappa shape index (κ1) is 14.4. The van der Waals surface area contributed by atoms with Gasteiger partial charge in [-0.15, -0.1) is 0 Å². The van der Waals surface area contributed by atoms with Crippen molar-refractivity contribution in [1.82, 2.24) is 5.32 Å². The van der Waals surface area contributed by atoms with Crippen LogP contribution in [-0.2, 0) is 0 Å². The van der Waals surface area contributed by atoms with Crippen LogP contribution in [0.5, 0.6) is 0 Å². The van der Waals surface area contributed by atoms with Crippen LogP contribution in [0.3, 0.4) is 0 Å². The van der Waals surface area contributed by atoms with E-state index in [1.807, 2.05) is 24.3 Å². The molecule has 21 heavy (non-hydrogen) atoms. The third kappa shape index (κ3) is 3.99. The molecule has 1 aromatic rings. The third-order valence-electron chi connectivity index (χ3n) is 4.81. The van der Waals surface area contributed by atoms with E-state index in [1.165, 1.54) is 32.1 Å². The van der Waals surface area contributed by atoms with Crippen molar-refractivity contribution in [2.75, 3.05) is 5.32 Å². The zero-order chi connectivity index (χ0) is 14.7. The van der Waals surface area contributed by atoms with E-state index in [-0.39, 0.29) is 5.91 Å². The number of amides is 1. The zero-order valence-corrected chi connectivity index (χ0v) is 12.9. The molecule has 2 fully saturated rings. The quantitative estimate of drug-likeness (QED) is 0.860. The number of hydrogen-bond donors (Lipinski definition) is 2. The second-order valence-electron chi connectivity index (χ2n) is 6.66. The summed E-state index contributed by atoms with van der Waals surface area (Å²) in [6.07, 6.45) is 9.09. The first-order valence-corrected chi connectivity index (χ1v) is 8.40. The molecule has 1 aromatic carbocycles. The van der Waals surface area contributed by atoms with Crippen molar-refractivity contribution >= 4 is 11.6 Å². The fraction of sp³-hybridized carbons (Fsp3) is 0.611. The predicted octanol–water partition coefficient (Wildman–Crippen LogP) is 3.96. The van der Waals surface area contributed by atoms with Gasteiger partial charge in [-0.1, -0.05) is 19.3 Å². The van der Waals surface area contributed by atoms with Crippen LogP contribution in [0, 0.1) is 5.92 Å². The van der Waals surface area contributed by atoms with Crippen LogP contribution in [0.2, 0.25) is 0 Å². The standard InChI is InChI=1S/C18H26N2O/c1-13(14-5-3-2-4-6-14)19-16-9-7-15(8-10-16)18(21)20-17-11-12-17/h7-10,13-14,17,19H,2-6,11-12H2,1H3,(H,20,21). The zero-order valence-electron chi connectivity index (χ0n) is 12.9. The second-order valence-corrected chi connectivity index (χ2v) is 6.66. The molecule has 2 N–H and O–H groups in total. The highest BCUT2D eigenvalue weighted by Gasteiger charge is 2.24. The van der Waals surface area contributed by atoms with Crippen molar-refractivity contribution < 1.29 is 4.79 Å². The van der Waals surface area contributed by atoms with E-state index in [0.29, 0.717) is 12.1 Å². The Morgan fingerprint density at radius 2 is 1.71 bits per heavy atom. The number of carbonyl (C=O) groups is 1. The highest BCUT2D eigenvalue weighted by atomic mass is 16.1. The number of rotatable bonds is 5. The molecular weight excluding hydrogens is 260 g/mol. The molecule has 0 saturated heterocycles. The van der Waals surface area contributed by atoms with Crippen molar-refractivity contribution in [3.63, 3.8) is 0 Å².